The lowest BCUT2D eigenvalue weighted by Gasteiger charge is -2.45. The van der Waals surface area contributed by atoms with Gasteiger partial charge in [0.1, 0.15) is 0 Å². The van der Waals surface area contributed by atoms with Crippen LogP contribution in [0.25, 0.3) is 0 Å². The number of piperidine rings is 1. The fraction of sp³-hybridized carbons (Fsp3) is 0.667. The van der Waals surface area contributed by atoms with Gasteiger partial charge in [0.05, 0.1) is 11.8 Å². The molecule has 0 aromatic heterocycles. The van der Waals surface area contributed by atoms with E-state index in [9.17, 15) is 5.11 Å². The van der Waals surface area contributed by atoms with Gasteiger partial charge in [0.15, 0.2) is 0 Å². The molecule has 1 aromatic rings. The van der Waals surface area contributed by atoms with E-state index in [1.165, 1.54) is 63.7 Å². The molecule has 1 heterocycles. The molecule has 0 bridgehead atoms. The quantitative estimate of drug-likeness (QED) is 0.805. The molecule has 21 heavy (non-hydrogen) atoms. The third-order valence-corrected chi connectivity index (χ3v) is 6.17. The molecule has 116 valence electrons. The minimum absolute atomic E-state index is 0.401. The minimum atomic E-state index is -0.401. The van der Waals surface area contributed by atoms with Crippen LogP contribution in [-0.4, -0.2) is 18.2 Å². The monoisotopic (exact) mass is 351 g/mol. The average Bonchev–Trinajstić information content (AvgIpc) is 2.49. The van der Waals surface area contributed by atoms with Crippen LogP contribution in [0.3, 0.4) is 0 Å². The highest BCUT2D eigenvalue weighted by Crippen LogP contribution is 2.45. The van der Waals surface area contributed by atoms with E-state index in [-0.39, 0.29) is 0 Å². The Bertz CT molecular complexity index is 484. The Hall–Kier alpha value is -0.540. The predicted octanol–water partition coefficient (Wildman–Crippen LogP) is 5.05. The highest BCUT2D eigenvalue weighted by atomic mass is 79.9. The first-order valence-electron chi connectivity index (χ1n) is 8.32. The molecule has 0 amide bonds. The lowest BCUT2D eigenvalue weighted by Crippen LogP contribution is -2.41. The average molecular weight is 352 g/mol. The molecule has 3 heteroatoms. The van der Waals surface area contributed by atoms with Gasteiger partial charge in [-0.05, 0) is 71.6 Å². The largest absolute Gasteiger partial charge is 0.389 e. The third kappa shape index (κ3) is 3.29. The van der Waals surface area contributed by atoms with Gasteiger partial charge < -0.3 is 10.0 Å². The maximum Gasteiger partial charge on any atom is 0.0762 e. The van der Waals surface area contributed by atoms with Crippen LogP contribution < -0.4 is 4.90 Å². The fourth-order valence-electron chi connectivity index (χ4n) is 4.06. The molecule has 1 aliphatic carbocycles. The van der Waals surface area contributed by atoms with Crippen LogP contribution in [0, 0.1) is 5.41 Å². The van der Waals surface area contributed by atoms with E-state index in [4.69, 9.17) is 0 Å². The molecule has 1 saturated carbocycles. The van der Waals surface area contributed by atoms with Crippen LogP contribution in [-0.2, 0) is 0 Å². The molecule has 1 aromatic carbocycles. The van der Waals surface area contributed by atoms with Crippen molar-refractivity contribution in [2.45, 2.75) is 58.0 Å². The Morgan fingerprint density at radius 3 is 2.33 bits per heavy atom. The molecule has 2 fully saturated rings. The summed E-state index contributed by atoms with van der Waals surface area (Å²) in [5.41, 5.74) is 2.91. The van der Waals surface area contributed by atoms with Crippen LogP contribution in [0.4, 0.5) is 5.69 Å². The first-order valence-corrected chi connectivity index (χ1v) is 9.11. The van der Waals surface area contributed by atoms with E-state index in [1.807, 2.05) is 6.92 Å². The molecular weight excluding hydrogens is 326 g/mol. The van der Waals surface area contributed by atoms with Crippen molar-refractivity contribution in [3.8, 4) is 0 Å². The summed E-state index contributed by atoms with van der Waals surface area (Å²) in [7, 11) is 0. The molecule has 1 aliphatic heterocycles. The van der Waals surface area contributed by atoms with Crippen LogP contribution in [0.2, 0.25) is 0 Å². The maximum atomic E-state index is 9.68. The molecule has 1 atom stereocenters. The topological polar surface area (TPSA) is 23.5 Å². The summed E-state index contributed by atoms with van der Waals surface area (Å²) >= 11 is 3.69. The zero-order chi connectivity index (χ0) is 14.9. The predicted molar refractivity (Wildman–Crippen MR) is 91.7 cm³/mol. The summed E-state index contributed by atoms with van der Waals surface area (Å²) in [6.07, 6.45) is 9.50. The Morgan fingerprint density at radius 2 is 1.76 bits per heavy atom. The minimum Gasteiger partial charge on any atom is -0.389 e. The van der Waals surface area contributed by atoms with Crippen LogP contribution >= 0.6 is 15.9 Å². The lowest BCUT2D eigenvalue weighted by atomic mass is 9.68. The molecule has 1 spiro atoms. The number of hydrogen-bond donors (Lipinski definition) is 1. The van der Waals surface area contributed by atoms with Gasteiger partial charge >= 0.3 is 0 Å². The van der Waals surface area contributed by atoms with Crippen molar-refractivity contribution in [2.75, 3.05) is 18.0 Å². The van der Waals surface area contributed by atoms with Crippen molar-refractivity contribution in [3.63, 3.8) is 0 Å². The Kier molecular flexibility index (Phi) is 4.60. The molecule has 1 unspecified atom stereocenters. The normalized spacial score (nSPS) is 23.3. The maximum absolute atomic E-state index is 9.68. The van der Waals surface area contributed by atoms with Gasteiger partial charge in [-0.25, -0.2) is 0 Å². The van der Waals surface area contributed by atoms with E-state index in [2.05, 4.69) is 39.0 Å². The molecule has 2 nitrogen and oxygen atoms in total. The van der Waals surface area contributed by atoms with Gasteiger partial charge in [-0.3, -0.25) is 0 Å². The molecule has 1 saturated heterocycles. The van der Waals surface area contributed by atoms with Crippen LogP contribution in [0.15, 0.2) is 22.7 Å². The van der Waals surface area contributed by atoms with Gasteiger partial charge in [0.2, 0.25) is 0 Å². The number of rotatable bonds is 2. The summed E-state index contributed by atoms with van der Waals surface area (Å²) in [5.74, 6) is 0. The van der Waals surface area contributed by atoms with E-state index in [0.29, 0.717) is 5.41 Å². The second-order valence-electron chi connectivity index (χ2n) is 6.93. The van der Waals surface area contributed by atoms with Crippen molar-refractivity contribution in [1.29, 1.82) is 0 Å². The van der Waals surface area contributed by atoms with Crippen molar-refractivity contribution < 1.29 is 5.11 Å². The molecule has 1 N–H and O–H groups in total. The Labute approximate surface area is 136 Å². The number of hydrogen-bond acceptors (Lipinski definition) is 2. The highest BCUT2D eigenvalue weighted by molar-refractivity contribution is 9.10. The Balaban J connectivity index is 1.69. The zero-order valence-electron chi connectivity index (χ0n) is 12.9. The number of benzene rings is 1. The number of aliphatic hydroxyl groups is 1. The van der Waals surface area contributed by atoms with Gasteiger partial charge in [0, 0.05) is 17.6 Å². The van der Waals surface area contributed by atoms with Gasteiger partial charge in [-0.2, -0.15) is 0 Å². The van der Waals surface area contributed by atoms with Gasteiger partial charge in [-0.15, -0.1) is 0 Å². The van der Waals surface area contributed by atoms with E-state index < -0.39 is 6.10 Å². The third-order valence-electron chi connectivity index (χ3n) is 5.53. The summed E-state index contributed by atoms with van der Waals surface area (Å²) in [6.45, 7) is 4.16. The number of anilines is 1. The molecule has 3 rings (SSSR count). The van der Waals surface area contributed by atoms with Crippen LogP contribution in [0.1, 0.15) is 63.5 Å². The van der Waals surface area contributed by atoms with E-state index in [1.54, 1.807) is 0 Å². The number of halogens is 1. The first kappa shape index (κ1) is 15.4. The summed E-state index contributed by atoms with van der Waals surface area (Å²) in [5, 5.41) is 9.68. The zero-order valence-corrected chi connectivity index (χ0v) is 14.5. The number of nitrogens with zero attached hydrogens (tertiary/aromatic N) is 1. The van der Waals surface area contributed by atoms with Crippen molar-refractivity contribution in [2.24, 2.45) is 5.41 Å². The summed E-state index contributed by atoms with van der Waals surface area (Å²) in [6, 6.07) is 6.27. The summed E-state index contributed by atoms with van der Waals surface area (Å²) < 4.78 is 1.11. The second-order valence-corrected chi connectivity index (χ2v) is 7.79. The SMILES string of the molecule is CC(O)c1ccc(N2CCC3(CCCCC3)CC2)c(Br)c1. The van der Waals surface area contributed by atoms with Gasteiger partial charge in [0.25, 0.3) is 0 Å². The van der Waals surface area contributed by atoms with Crippen molar-refractivity contribution in [3.05, 3.63) is 28.2 Å². The molecule has 2 aliphatic rings. The molecular formula is C18H26BrNO. The van der Waals surface area contributed by atoms with Crippen molar-refractivity contribution >= 4 is 21.6 Å². The van der Waals surface area contributed by atoms with E-state index in [0.717, 1.165) is 10.0 Å². The fourth-order valence-corrected chi connectivity index (χ4v) is 4.71. The standard InChI is InChI=1S/C18H26BrNO/c1-14(21)15-5-6-17(16(19)13-15)20-11-9-18(10-12-20)7-3-2-4-8-18/h5-6,13-14,21H,2-4,7-12H2,1H3. The second kappa shape index (κ2) is 6.29. The summed E-state index contributed by atoms with van der Waals surface area (Å²) in [4.78, 5) is 2.51. The highest BCUT2D eigenvalue weighted by Gasteiger charge is 2.35. The van der Waals surface area contributed by atoms with Crippen LogP contribution in [0.5, 0.6) is 0 Å². The van der Waals surface area contributed by atoms with Crippen molar-refractivity contribution in [1.82, 2.24) is 0 Å². The smallest absolute Gasteiger partial charge is 0.0762 e. The Morgan fingerprint density at radius 1 is 1.10 bits per heavy atom. The first-order chi connectivity index (χ1) is 10.1. The van der Waals surface area contributed by atoms with E-state index >= 15 is 0 Å². The number of aliphatic hydroxyl groups excluding tert-OH is 1. The molecule has 0 radical (unpaired) electrons. The van der Waals surface area contributed by atoms with Gasteiger partial charge in [-0.1, -0.05) is 25.3 Å². The lowest BCUT2D eigenvalue weighted by molar-refractivity contribution is 0.144.